The highest BCUT2D eigenvalue weighted by Crippen LogP contribution is 2.18. The summed E-state index contributed by atoms with van der Waals surface area (Å²) < 4.78 is 15.4. The predicted octanol–water partition coefficient (Wildman–Crippen LogP) is 1.74. The SMILES string of the molecule is CNCc1c(F)cccc1-n1nc(C)nc1C. The molecule has 90 valence electrons. The summed E-state index contributed by atoms with van der Waals surface area (Å²) in [6.45, 7) is 4.13. The summed E-state index contributed by atoms with van der Waals surface area (Å²) >= 11 is 0. The van der Waals surface area contributed by atoms with Crippen molar-refractivity contribution in [3.63, 3.8) is 0 Å². The molecular formula is C12H15FN4. The van der Waals surface area contributed by atoms with Gasteiger partial charge in [-0.25, -0.2) is 14.1 Å². The Morgan fingerprint density at radius 1 is 1.35 bits per heavy atom. The van der Waals surface area contributed by atoms with Crippen LogP contribution in [-0.2, 0) is 6.54 Å². The van der Waals surface area contributed by atoms with Crippen LogP contribution >= 0.6 is 0 Å². The van der Waals surface area contributed by atoms with Crippen molar-refractivity contribution in [3.8, 4) is 5.69 Å². The Hall–Kier alpha value is -1.75. The standard InChI is InChI=1S/C12H15FN4/c1-8-15-9(2)17(16-8)12-6-4-5-11(13)10(12)7-14-3/h4-6,14H,7H2,1-3H3. The lowest BCUT2D eigenvalue weighted by atomic mass is 10.1. The van der Waals surface area contributed by atoms with E-state index in [9.17, 15) is 4.39 Å². The molecule has 0 aliphatic rings. The maximum atomic E-state index is 13.8. The Balaban J connectivity index is 2.58. The number of nitrogens with zero attached hydrogens (tertiary/aromatic N) is 3. The zero-order chi connectivity index (χ0) is 12.4. The summed E-state index contributed by atoms with van der Waals surface area (Å²) in [5.74, 6) is 1.21. The molecule has 5 heteroatoms. The molecule has 0 unspecified atom stereocenters. The van der Waals surface area contributed by atoms with Crippen LogP contribution in [0.5, 0.6) is 0 Å². The molecule has 0 atom stereocenters. The number of halogens is 1. The highest BCUT2D eigenvalue weighted by atomic mass is 19.1. The third kappa shape index (κ3) is 2.19. The van der Waals surface area contributed by atoms with Crippen LogP contribution < -0.4 is 5.32 Å². The zero-order valence-corrected chi connectivity index (χ0v) is 10.2. The fourth-order valence-electron chi connectivity index (χ4n) is 1.85. The highest BCUT2D eigenvalue weighted by Gasteiger charge is 2.12. The molecule has 0 saturated heterocycles. The molecule has 0 aliphatic heterocycles. The first-order valence-corrected chi connectivity index (χ1v) is 5.46. The first kappa shape index (κ1) is 11.7. The summed E-state index contributed by atoms with van der Waals surface area (Å²) in [5.41, 5.74) is 1.33. The second kappa shape index (κ2) is 4.63. The van der Waals surface area contributed by atoms with Crippen LogP contribution in [0.15, 0.2) is 18.2 Å². The quantitative estimate of drug-likeness (QED) is 0.879. The van der Waals surface area contributed by atoms with Crippen molar-refractivity contribution in [2.24, 2.45) is 0 Å². The van der Waals surface area contributed by atoms with Crippen LogP contribution in [-0.4, -0.2) is 21.8 Å². The van der Waals surface area contributed by atoms with Gasteiger partial charge in [-0.3, -0.25) is 0 Å². The van der Waals surface area contributed by atoms with E-state index in [1.165, 1.54) is 6.07 Å². The van der Waals surface area contributed by atoms with Crippen LogP contribution in [0.3, 0.4) is 0 Å². The summed E-state index contributed by atoms with van der Waals surface area (Å²) in [4.78, 5) is 4.23. The van der Waals surface area contributed by atoms with Gasteiger partial charge in [0.1, 0.15) is 17.5 Å². The van der Waals surface area contributed by atoms with E-state index in [0.717, 1.165) is 11.5 Å². The topological polar surface area (TPSA) is 42.7 Å². The van der Waals surface area contributed by atoms with E-state index < -0.39 is 0 Å². The molecule has 2 aromatic rings. The average molecular weight is 234 g/mol. The van der Waals surface area contributed by atoms with Gasteiger partial charge in [0.15, 0.2) is 0 Å². The van der Waals surface area contributed by atoms with E-state index in [1.807, 2.05) is 19.9 Å². The summed E-state index contributed by atoms with van der Waals surface area (Å²) in [5, 5.41) is 7.24. The maximum Gasteiger partial charge on any atom is 0.148 e. The minimum Gasteiger partial charge on any atom is -0.316 e. The Labute approximate surface area is 99.5 Å². The number of aromatic nitrogens is 3. The second-order valence-corrected chi connectivity index (χ2v) is 3.89. The van der Waals surface area contributed by atoms with E-state index in [4.69, 9.17) is 0 Å². The van der Waals surface area contributed by atoms with Crippen LogP contribution in [0.2, 0.25) is 0 Å². The smallest absolute Gasteiger partial charge is 0.148 e. The first-order chi connectivity index (χ1) is 8.13. The van der Waals surface area contributed by atoms with Gasteiger partial charge in [-0.1, -0.05) is 6.07 Å². The van der Waals surface area contributed by atoms with E-state index >= 15 is 0 Å². The molecule has 1 aromatic carbocycles. The van der Waals surface area contributed by atoms with Crippen molar-refractivity contribution < 1.29 is 4.39 Å². The summed E-state index contributed by atoms with van der Waals surface area (Å²) in [7, 11) is 1.79. The predicted molar refractivity (Wildman–Crippen MR) is 63.6 cm³/mol. The van der Waals surface area contributed by atoms with E-state index in [2.05, 4.69) is 15.4 Å². The monoisotopic (exact) mass is 234 g/mol. The molecule has 0 bridgehead atoms. The molecule has 4 nitrogen and oxygen atoms in total. The van der Waals surface area contributed by atoms with Crippen molar-refractivity contribution in [3.05, 3.63) is 41.2 Å². The number of hydrogen-bond donors (Lipinski definition) is 1. The number of nitrogens with one attached hydrogen (secondary N) is 1. The van der Waals surface area contributed by atoms with Crippen molar-refractivity contribution in [1.82, 2.24) is 20.1 Å². The first-order valence-electron chi connectivity index (χ1n) is 5.46. The van der Waals surface area contributed by atoms with Crippen LogP contribution in [0, 0.1) is 19.7 Å². The van der Waals surface area contributed by atoms with Crippen molar-refractivity contribution >= 4 is 0 Å². The lowest BCUT2D eigenvalue weighted by Crippen LogP contribution is -2.12. The molecule has 0 aliphatic carbocycles. The summed E-state index contributed by atoms with van der Waals surface area (Å²) in [6, 6.07) is 4.98. The van der Waals surface area contributed by atoms with E-state index in [-0.39, 0.29) is 5.82 Å². The third-order valence-electron chi connectivity index (χ3n) is 2.55. The molecule has 0 spiro atoms. The van der Waals surface area contributed by atoms with Gasteiger partial charge in [-0.05, 0) is 33.0 Å². The van der Waals surface area contributed by atoms with Crippen molar-refractivity contribution in [1.29, 1.82) is 0 Å². The van der Waals surface area contributed by atoms with Gasteiger partial charge in [-0.2, -0.15) is 5.10 Å². The van der Waals surface area contributed by atoms with E-state index in [0.29, 0.717) is 17.9 Å². The van der Waals surface area contributed by atoms with Gasteiger partial charge < -0.3 is 5.32 Å². The maximum absolute atomic E-state index is 13.8. The zero-order valence-electron chi connectivity index (χ0n) is 10.2. The van der Waals surface area contributed by atoms with Gasteiger partial charge in [0.25, 0.3) is 0 Å². The van der Waals surface area contributed by atoms with Crippen LogP contribution in [0.1, 0.15) is 17.2 Å². The largest absolute Gasteiger partial charge is 0.316 e. The van der Waals surface area contributed by atoms with Gasteiger partial charge in [-0.15, -0.1) is 0 Å². The number of benzene rings is 1. The van der Waals surface area contributed by atoms with Crippen LogP contribution in [0.4, 0.5) is 4.39 Å². The van der Waals surface area contributed by atoms with Crippen LogP contribution in [0.25, 0.3) is 5.69 Å². The highest BCUT2D eigenvalue weighted by molar-refractivity contribution is 5.41. The molecule has 0 fully saturated rings. The molecule has 1 N–H and O–H groups in total. The van der Waals surface area contributed by atoms with Gasteiger partial charge in [0, 0.05) is 12.1 Å². The van der Waals surface area contributed by atoms with Gasteiger partial charge in [0.2, 0.25) is 0 Å². The molecule has 1 aromatic heterocycles. The number of hydrogen-bond acceptors (Lipinski definition) is 3. The molecule has 17 heavy (non-hydrogen) atoms. The fraction of sp³-hybridized carbons (Fsp3) is 0.333. The lowest BCUT2D eigenvalue weighted by molar-refractivity contribution is 0.596. The van der Waals surface area contributed by atoms with Gasteiger partial charge in [0.05, 0.1) is 5.69 Å². The minimum atomic E-state index is -0.232. The third-order valence-corrected chi connectivity index (χ3v) is 2.55. The molecule has 0 saturated carbocycles. The molecule has 0 radical (unpaired) electrons. The number of aryl methyl sites for hydroxylation is 2. The fourth-order valence-corrected chi connectivity index (χ4v) is 1.85. The van der Waals surface area contributed by atoms with Crippen molar-refractivity contribution in [2.45, 2.75) is 20.4 Å². The van der Waals surface area contributed by atoms with E-state index in [1.54, 1.807) is 17.8 Å². The van der Waals surface area contributed by atoms with Crippen molar-refractivity contribution in [2.75, 3.05) is 7.05 Å². The lowest BCUT2D eigenvalue weighted by Gasteiger charge is -2.10. The Morgan fingerprint density at radius 2 is 2.12 bits per heavy atom. The summed E-state index contributed by atoms with van der Waals surface area (Å²) in [6.07, 6.45) is 0. The Bertz CT molecular complexity index is 533. The molecule has 0 amide bonds. The minimum absolute atomic E-state index is 0.232. The second-order valence-electron chi connectivity index (χ2n) is 3.89. The molecule has 2 rings (SSSR count). The molecular weight excluding hydrogens is 219 g/mol. The Morgan fingerprint density at radius 3 is 2.71 bits per heavy atom. The Kier molecular flexibility index (Phi) is 3.19. The molecule has 1 heterocycles. The normalized spacial score (nSPS) is 10.8. The number of rotatable bonds is 3. The average Bonchev–Trinajstić information content (AvgIpc) is 2.61. The van der Waals surface area contributed by atoms with Gasteiger partial charge >= 0.3 is 0 Å².